The van der Waals surface area contributed by atoms with Crippen LogP contribution in [-0.4, -0.2) is 64.6 Å². The van der Waals surface area contributed by atoms with Gasteiger partial charge in [0.05, 0.1) is 20.9 Å². The van der Waals surface area contributed by atoms with Crippen LogP contribution in [0.4, 0.5) is 5.69 Å². The van der Waals surface area contributed by atoms with Crippen molar-refractivity contribution in [3.8, 4) is 0 Å². The van der Waals surface area contributed by atoms with Crippen LogP contribution in [0.3, 0.4) is 0 Å². The minimum atomic E-state index is -0.414. The second kappa shape index (κ2) is 6.81. The molecule has 0 radical (unpaired) electrons. The molecule has 1 amide bonds. The zero-order valence-electron chi connectivity index (χ0n) is 12.6. The zero-order valence-corrected chi connectivity index (χ0v) is 14.2. The maximum Gasteiger partial charge on any atom is 0.270 e. The number of nitro benzene ring substituents is 1. The molecule has 1 aromatic heterocycles. The molecule has 0 atom stereocenters. The molecule has 0 unspecified atom stereocenters. The molecular weight excluding hydrogens is 336 g/mol. The van der Waals surface area contributed by atoms with Gasteiger partial charge < -0.3 is 9.80 Å². The standard InChI is InChI=1S/C14H16N4O3S2/c1-16-4-6-17(7-5-16)13(19)9-22-14-15-11-3-2-10(18(20)21)8-12(11)23-14/h2-3,8H,4-7,9H2,1H3. The normalized spacial score (nSPS) is 16.0. The van der Waals surface area contributed by atoms with Gasteiger partial charge in [-0.1, -0.05) is 11.8 Å². The van der Waals surface area contributed by atoms with Crippen LogP contribution in [0.25, 0.3) is 10.2 Å². The van der Waals surface area contributed by atoms with Crippen molar-refractivity contribution in [1.82, 2.24) is 14.8 Å². The van der Waals surface area contributed by atoms with Gasteiger partial charge in [-0.3, -0.25) is 14.9 Å². The molecule has 1 aromatic carbocycles. The third kappa shape index (κ3) is 3.80. The summed E-state index contributed by atoms with van der Waals surface area (Å²) in [5, 5.41) is 10.8. The first-order chi connectivity index (χ1) is 11.0. The summed E-state index contributed by atoms with van der Waals surface area (Å²) in [5.41, 5.74) is 0.793. The van der Waals surface area contributed by atoms with Crippen LogP contribution in [0.2, 0.25) is 0 Å². The number of hydrogen-bond acceptors (Lipinski definition) is 7. The van der Waals surface area contributed by atoms with Gasteiger partial charge in [0.25, 0.3) is 5.69 Å². The lowest BCUT2D eigenvalue weighted by Crippen LogP contribution is -2.47. The average molecular weight is 352 g/mol. The second-order valence-electron chi connectivity index (χ2n) is 5.36. The number of carbonyl (C=O) groups is 1. The molecule has 0 saturated carbocycles. The van der Waals surface area contributed by atoms with Crippen LogP contribution in [0, 0.1) is 10.1 Å². The Labute approximate surface area is 141 Å². The Morgan fingerprint density at radius 1 is 1.39 bits per heavy atom. The van der Waals surface area contributed by atoms with Crippen molar-refractivity contribution in [2.45, 2.75) is 4.34 Å². The van der Waals surface area contributed by atoms with Gasteiger partial charge in [0, 0.05) is 38.3 Å². The Kier molecular flexibility index (Phi) is 4.79. The number of piperazine rings is 1. The van der Waals surface area contributed by atoms with Crippen LogP contribution >= 0.6 is 23.1 Å². The van der Waals surface area contributed by atoms with Gasteiger partial charge in [-0.05, 0) is 13.1 Å². The second-order valence-corrected chi connectivity index (χ2v) is 7.61. The van der Waals surface area contributed by atoms with Crippen molar-refractivity contribution >= 4 is 44.9 Å². The molecule has 2 aromatic rings. The fourth-order valence-electron chi connectivity index (χ4n) is 2.34. The molecule has 9 heteroatoms. The van der Waals surface area contributed by atoms with E-state index in [1.807, 2.05) is 4.90 Å². The number of rotatable bonds is 4. The smallest absolute Gasteiger partial charge is 0.270 e. The number of amides is 1. The predicted molar refractivity (Wildman–Crippen MR) is 91.1 cm³/mol. The Morgan fingerprint density at radius 2 is 2.13 bits per heavy atom. The van der Waals surface area contributed by atoms with Crippen LogP contribution in [0.5, 0.6) is 0 Å². The van der Waals surface area contributed by atoms with Crippen molar-refractivity contribution in [3.63, 3.8) is 0 Å². The summed E-state index contributed by atoms with van der Waals surface area (Å²) in [4.78, 5) is 31.1. The number of thiazole rings is 1. The molecule has 2 heterocycles. The van der Waals surface area contributed by atoms with E-state index in [4.69, 9.17) is 0 Å². The van der Waals surface area contributed by atoms with Gasteiger partial charge >= 0.3 is 0 Å². The van der Waals surface area contributed by atoms with E-state index in [9.17, 15) is 14.9 Å². The van der Waals surface area contributed by atoms with E-state index < -0.39 is 4.92 Å². The first kappa shape index (κ1) is 16.2. The zero-order chi connectivity index (χ0) is 16.4. The number of thioether (sulfide) groups is 1. The summed E-state index contributed by atoms with van der Waals surface area (Å²) in [6, 6.07) is 4.63. The van der Waals surface area contributed by atoms with E-state index >= 15 is 0 Å². The molecule has 0 aliphatic carbocycles. The number of aromatic nitrogens is 1. The highest BCUT2D eigenvalue weighted by Gasteiger charge is 2.19. The number of likely N-dealkylation sites (N-methyl/N-ethyl adjacent to an activating group) is 1. The fraction of sp³-hybridized carbons (Fsp3) is 0.429. The molecule has 0 spiro atoms. The van der Waals surface area contributed by atoms with Gasteiger partial charge in [0.15, 0.2) is 4.34 Å². The lowest BCUT2D eigenvalue weighted by molar-refractivity contribution is -0.384. The van der Waals surface area contributed by atoms with Crippen molar-refractivity contribution < 1.29 is 9.72 Å². The highest BCUT2D eigenvalue weighted by Crippen LogP contribution is 2.31. The fourth-order valence-corrected chi connectivity index (χ4v) is 4.34. The molecular formula is C14H16N4O3S2. The third-order valence-corrected chi connectivity index (χ3v) is 5.88. The molecule has 0 N–H and O–H groups in total. The van der Waals surface area contributed by atoms with Crippen LogP contribution in [-0.2, 0) is 4.79 Å². The van der Waals surface area contributed by atoms with Crippen LogP contribution < -0.4 is 0 Å². The molecule has 122 valence electrons. The van der Waals surface area contributed by atoms with Gasteiger partial charge in [-0.2, -0.15) is 0 Å². The first-order valence-electron chi connectivity index (χ1n) is 7.17. The number of fused-ring (bicyclic) bond motifs is 1. The van der Waals surface area contributed by atoms with Crippen molar-refractivity contribution in [3.05, 3.63) is 28.3 Å². The Balaban J connectivity index is 1.63. The number of nitro groups is 1. The molecule has 0 bridgehead atoms. The summed E-state index contributed by atoms with van der Waals surface area (Å²) in [6.45, 7) is 3.34. The minimum absolute atomic E-state index is 0.0613. The lowest BCUT2D eigenvalue weighted by atomic mass is 10.3. The van der Waals surface area contributed by atoms with Crippen LogP contribution in [0.15, 0.2) is 22.5 Å². The van der Waals surface area contributed by atoms with Crippen LogP contribution in [0.1, 0.15) is 0 Å². The number of nitrogens with zero attached hydrogens (tertiary/aromatic N) is 4. The molecule has 7 nitrogen and oxygen atoms in total. The maximum atomic E-state index is 12.2. The molecule has 3 rings (SSSR count). The predicted octanol–water partition coefficient (Wildman–Crippen LogP) is 2.07. The van der Waals surface area contributed by atoms with Gasteiger partial charge in [-0.15, -0.1) is 11.3 Å². The topological polar surface area (TPSA) is 79.6 Å². The van der Waals surface area contributed by atoms with Crippen molar-refractivity contribution in [1.29, 1.82) is 0 Å². The SMILES string of the molecule is CN1CCN(C(=O)CSc2nc3ccc([N+](=O)[O-])cc3s2)CC1. The lowest BCUT2D eigenvalue weighted by Gasteiger charge is -2.32. The number of hydrogen-bond donors (Lipinski definition) is 0. The Morgan fingerprint density at radius 3 is 2.83 bits per heavy atom. The highest BCUT2D eigenvalue weighted by atomic mass is 32.2. The van der Waals surface area contributed by atoms with E-state index in [-0.39, 0.29) is 11.6 Å². The number of non-ortho nitro benzene ring substituents is 1. The van der Waals surface area contributed by atoms with Gasteiger partial charge in [-0.25, -0.2) is 4.98 Å². The summed E-state index contributed by atoms with van der Waals surface area (Å²) in [7, 11) is 2.05. The third-order valence-electron chi connectivity index (χ3n) is 3.74. The average Bonchev–Trinajstić information content (AvgIpc) is 2.95. The first-order valence-corrected chi connectivity index (χ1v) is 8.97. The molecule has 23 heavy (non-hydrogen) atoms. The Bertz CT molecular complexity index is 741. The van der Waals surface area contributed by atoms with Gasteiger partial charge in [0.2, 0.25) is 5.91 Å². The van der Waals surface area contributed by atoms with Crippen molar-refractivity contribution in [2.75, 3.05) is 39.0 Å². The summed E-state index contributed by atoms with van der Waals surface area (Å²) in [5.74, 6) is 0.472. The van der Waals surface area contributed by atoms with E-state index in [0.717, 1.165) is 40.7 Å². The molecule has 1 aliphatic rings. The Hall–Kier alpha value is -1.71. The monoisotopic (exact) mass is 352 g/mol. The molecule has 1 aliphatic heterocycles. The number of benzene rings is 1. The summed E-state index contributed by atoms with van der Waals surface area (Å²) < 4.78 is 1.54. The van der Waals surface area contributed by atoms with Gasteiger partial charge in [0.1, 0.15) is 0 Å². The van der Waals surface area contributed by atoms with E-state index in [2.05, 4.69) is 16.9 Å². The summed E-state index contributed by atoms with van der Waals surface area (Å²) >= 11 is 2.78. The van der Waals surface area contributed by atoms with Crippen molar-refractivity contribution in [2.24, 2.45) is 0 Å². The largest absolute Gasteiger partial charge is 0.339 e. The minimum Gasteiger partial charge on any atom is -0.339 e. The quantitative estimate of drug-likeness (QED) is 0.476. The van der Waals surface area contributed by atoms with E-state index in [0.29, 0.717) is 5.75 Å². The van der Waals surface area contributed by atoms with E-state index in [1.165, 1.54) is 35.2 Å². The maximum absolute atomic E-state index is 12.2. The number of carbonyl (C=O) groups excluding carboxylic acids is 1. The summed E-state index contributed by atoms with van der Waals surface area (Å²) in [6.07, 6.45) is 0. The molecule has 1 fully saturated rings. The van der Waals surface area contributed by atoms with E-state index in [1.54, 1.807) is 6.07 Å². The molecule has 1 saturated heterocycles. The highest BCUT2D eigenvalue weighted by molar-refractivity contribution is 8.01.